The van der Waals surface area contributed by atoms with Crippen LogP contribution in [-0.4, -0.2) is 38.1 Å². The van der Waals surface area contributed by atoms with Gasteiger partial charge >= 0.3 is 0 Å². The van der Waals surface area contributed by atoms with Crippen LogP contribution in [0.15, 0.2) is 0 Å². The largest absolute Gasteiger partial charge is 0.319 e. The summed E-state index contributed by atoms with van der Waals surface area (Å²) in [6, 6.07) is 0.914. The summed E-state index contributed by atoms with van der Waals surface area (Å²) in [6.07, 6.45) is 11.5. The Morgan fingerprint density at radius 1 is 1.12 bits per heavy atom. The first kappa shape index (κ1) is 12.4. The molecule has 2 aliphatic rings. The van der Waals surface area contributed by atoms with Crippen LogP contribution in [0.5, 0.6) is 0 Å². The summed E-state index contributed by atoms with van der Waals surface area (Å²) in [5.74, 6) is 0. The van der Waals surface area contributed by atoms with Crippen molar-refractivity contribution in [2.75, 3.05) is 27.2 Å². The van der Waals surface area contributed by atoms with Crippen molar-refractivity contribution < 1.29 is 0 Å². The van der Waals surface area contributed by atoms with Crippen LogP contribution in [0.25, 0.3) is 0 Å². The molecule has 0 aliphatic heterocycles. The molecule has 0 aromatic carbocycles. The quantitative estimate of drug-likeness (QED) is 0.722. The van der Waals surface area contributed by atoms with E-state index >= 15 is 0 Å². The smallest absolute Gasteiger partial charge is 0.00936 e. The average Bonchev–Trinajstić information content (AvgIpc) is 3.04. The third-order valence-electron chi connectivity index (χ3n) is 4.47. The van der Waals surface area contributed by atoms with Crippen molar-refractivity contribution in [1.82, 2.24) is 10.2 Å². The molecule has 2 aliphatic carbocycles. The second kappa shape index (κ2) is 5.50. The summed E-state index contributed by atoms with van der Waals surface area (Å²) < 4.78 is 0. The first-order chi connectivity index (χ1) is 7.76. The SMILES string of the molecule is CNCC1(CN(C)C2CC2)CCCCCC1. The number of hydrogen-bond acceptors (Lipinski definition) is 2. The summed E-state index contributed by atoms with van der Waals surface area (Å²) in [5.41, 5.74) is 0.572. The Bertz CT molecular complexity index is 203. The molecule has 0 bridgehead atoms. The number of nitrogens with one attached hydrogen (secondary N) is 1. The van der Waals surface area contributed by atoms with E-state index in [4.69, 9.17) is 0 Å². The topological polar surface area (TPSA) is 15.3 Å². The van der Waals surface area contributed by atoms with Crippen LogP contribution in [-0.2, 0) is 0 Å². The zero-order valence-corrected chi connectivity index (χ0v) is 11.1. The van der Waals surface area contributed by atoms with Gasteiger partial charge in [-0.2, -0.15) is 0 Å². The van der Waals surface area contributed by atoms with Gasteiger partial charge < -0.3 is 10.2 Å². The van der Waals surface area contributed by atoms with Crippen LogP contribution >= 0.6 is 0 Å². The normalized spacial score (nSPS) is 25.7. The van der Waals surface area contributed by atoms with E-state index in [2.05, 4.69) is 24.3 Å². The van der Waals surface area contributed by atoms with Gasteiger partial charge in [-0.05, 0) is 45.2 Å². The highest BCUT2D eigenvalue weighted by Crippen LogP contribution is 2.37. The standard InChI is InChI=1S/C14H28N2/c1-15-11-14(9-5-3-4-6-10-14)12-16(2)13-7-8-13/h13,15H,3-12H2,1-2H3. The van der Waals surface area contributed by atoms with Gasteiger partial charge in [0, 0.05) is 19.1 Å². The molecule has 0 spiro atoms. The zero-order chi connectivity index (χ0) is 11.4. The second-order valence-corrected chi connectivity index (χ2v) is 6.09. The van der Waals surface area contributed by atoms with Gasteiger partial charge in [-0.3, -0.25) is 0 Å². The van der Waals surface area contributed by atoms with E-state index in [1.54, 1.807) is 0 Å². The van der Waals surface area contributed by atoms with Gasteiger partial charge in [0.05, 0.1) is 0 Å². The molecule has 16 heavy (non-hydrogen) atoms. The van der Waals surface area contributed by atoms with E-state index in [1.807, 2.05) is 0 Å². The summed E-state index contributed by atoms with van der Waals surface area (Å²) in [7, 11) is 4.45. The Morgan fingerprint density at radius 3 is 2.25 bits per heavy atom. The van der Waals surface area contributed by atoms with E-state index in [9.17, 15) is 0 Å². The molecule has 0 radical (unpaired) electrons. The molecule has 0 unspecified atom stereocenters. The lowest BCUT2D eigenvalue weighted by atomic mass is 9.79. The summed E-state index contributed by atoms with van der Waals surface area (Å²) in [5, 5.41) is 3.44. The van der Waals surface area contributed by atoms with Gasteiger partial charge in [0.25, 0.3) is 0 Å². The maximum atomic E-state index is 3.44. The van der Waals surface area contributed by atoms with Crippen molar-refractivity contribution in [3.63, 3.8) is 0 Å². The zero-order valence-electron chi connectivity index (χ0n) is 11.1. The number of nitrogens with zero attached hydrogens (tertiary/aromatic N) is 1. The molecular weight excluding hydrogens is 196 g/mol. The molecule has 0 aromatic rings. The maximum Gasteiger partial charge on any atom is 0.00936 e. The second-order valence-electron chi connectivity index (χ2n) is 6.09. The minimum absolute atomic E-state index is 0.572. The summed E-state index contributed by atoms with van der Waals surface area (Å²) in [6.45, 7) is 2.53. The van der Waals surface area contributed by atoms with Crippen LogP contribution in [0.3, 0.4) is 0 Å². The minimum atomic E-state index is 0.572. The molecule has 2 saturated carbocycles. The number of hydrogen-bond donors (Lipinski definition) is 1. The summed E-state index contributed by atoms with van der Waals surface area (Å²) in [4.78, 5) is 2.63. The third kappa shape index (κ3) is 3.21. The first-order valence-corrected chi connectivity index (χ1v) is 7.11. The molecule has 2 rings (SSSR count). The van der Waals surface area contributed by atoms with Crippen LogP contribution < -0.4 is 5.32 Å². The predicted octanol–water partition coefficient (Wildman–Crippen LogP) is 2.64. The Morgan fingerprint density at radius 2 is 1.75 bits per heavy atom. The van der Waals surface area contributed by atoms with Crippen LogP contribution in [0.2, 0.25) is 0 Å². The lowest BCUT2D eigenvalue weighted by molar-refractivity contribution is 0.144. The van der Waals surface area contributed by atoms with Gasteiger partial charge in [0.15, 0.2) is 0 Å². The molecule has 0 aromatic heterocycles. The Labute approximate surface area is 101 Å². The van der Waals surface area contributed by atoms with Crippen molar-refractivity contribution >= 4 is 0 Å². The third-order valence-corrected chi connectivity index (χ3v) is 4.47. The molecule has 0 amide bonds. The van der Waals surface area contributed by atoms with E-state index in [-0.39, 0.29) is 0 Å². The van der Waals surface area contributed by atoms with Gasteiger partial charge in [-0.15, -0.1) is 0 Å². The first-order valence-electron chi connectivity index (χ1n) is 7.11. The lowest BCUT2D eigenvalue weighted by Crippen LogP contribution is -2.42. The van der Waals surface area contributed by atoms with Crippen LogP contribution in [0.4, 0.5) is 0 Å². The molecule has 0 heterocycles. The molecule has 0 saturated heterocycles. The fourth-order valence-electron chi connectivity index (χ4n) is 3.42. The molecule has 2 heteroatoms. The maximum absolute atomic E-state index is 3.44. The van der Waals surface area contributed by atoms with Gasteiger partial charge in [-0.1, -0.05) is 25.7 Å². The van der Waals surface area contributed by atoms with E-state index in [0.29, 0.717) is 5.41 Å². The van der Waals surface area contributed by atoms with Gasteiger partial charge in [-0.25, -0.2) is 0 Å². The van der Waals surface area contributed by atoms with E-state index in [0.717, 1.165) is 6.04 Å². The van der Waals surface area contributed by atoms with Crippen molar-refractivity contribution in [2.45, 2.75) is 57.4 Å². The van der Waals surface area contributed by atoms with Crippen LogP contribution in [0.1, 0.15) is 51.4 Å². The van der Waals surface area contributed by atoms with Crippen molar-refractivity contribution in [3.05, 3.63) is 0 Å². The predicted molar refractivity (Wildman–Crippen MR) is 69.7 cm³/mol. The van der Waals surface area contributed by atoms with Crippen molar-refractivity contribution in [3.8, 4) is 0 Å². The lowest BCUT2D eigenvalue weighted by Gasteiger charge is -2.36. The van der Waals surface area contributed by atoms with Crippen molar-refractivity contribution in [1.29, 1.82) is 0 Å². The molecule has 2 fully saturated rings. The highest BCUT2D eigenvalue weighted by Gasteiger charge is 2.35. The number of rotatable bonds is 5. The molecule has 2 nitrogen and oxygen atoms in total. The molecular formula is C14H28N2. The Kier molecular flexibility index (Phi) is 4.26. The summed E-state index contributed by atoms with van der Waals surface area (Å²) >= 11 is 0. The fraction of sp³-hybridized carbons (Fsp3) is 1.00. The minimum Gasteiger partial charge on any atom is -0.319 e. The highest BCUT2D eigenvalue weighted by atomic mass is 15.2. The molecule has 0 atom stereocenters. The van der Waals surface area contributed by atoms with E-state index in [1.165, 1.54) is 64.5 Å². The molecule has 94 valence electrons. The van der Waals surface area contributed by atoms with E-state index < -0.39 is 0 Å². The van der Waals surface area contributed by atoms with Crippen molar-refractivity contribution in [2.24, 2.45) is 5.41 Å². The van der Waals surface area contributed by atoms with Crippen LogP contribution in [0, 0.1) is 5.41 Å². The Balaban J connectivity index is 1.94. The van der Waals surface area contributed by atoms with Gasteiger partial charge in [0.1, 0.15) is 0 Å². The average molecular weight is 224 g/mol. The molecule has 1 N–H and O–H groups in total. The monoisotopic (exact) mass is 224 g/mol. The van der Waals surface area contributed by atoms with Gasteiger partial charge in [0.2, 0.25) is 0 Å². The Hall–Kier alpha value is -0.0800. The fourth-order valence-corrected chi connectivity index (χ4v) is 3.42. The highest BCUT2D eigenvalue weighted by molar-refractivity contribution is 4.90.